The maximum atomic E-state index is 11.7. The first-order valence-electron chi connectivity index (χ1n) is 5.30. The normalized spacial score (nSPS) is 21.5. The molecule has 17 heavy (non-hydrogen) atoms. The van der Waals surface area contributed by atoms with Gasteiger partial charge in [-0.1, -0.05) is 5.16 Å². The van der Waals surface area contributed by atoms with Crippen molar-refractivity contribution in [3.05, 3.63) is 17.5 Å². The minimum Gasteiger partial charge on any atom is -0.476 e. The highest BCUT2D eigenvalue weighted by Gasteiger charge is 2.20. The Labute approximate surface area is 100 Å². The first kappa shape index (κ1) is 12.3. The summed E-state index contributed by atoms with van der Waals surface area (Å²) in [5, 5.41) is 12.0. The largest absolute Gasteiger partial charge is 0.476 e. The van der Waals surface area contributed by atoms with Crippen molar-refractivity contribution < 1.29 is 23.4 Å². The van der Waals surface area contributed by atoms with E-state index in [4.69, 9.17) is 14.4 Å². The highest BCUT2D eigenvalue weighted by molar-refractivity contribution is 7.84. The Balaban J connectivity index is 1.86. The second kappa shape index (κ2) is 5.42. The van der Waals surface area contributed by atoms with Gasteiger partial charge in [0.1, 0.15) is 5.76 Å². The van der Waals surface area contributed by atoms with Crippen LogP contribution in [0, 0.1) is 0 Å². The average Bonchev–Trinajstić information content (AvgIpc) is 2.88. The number of hydrogen-bond acceptors (Lipinski definition) is 5. The van der Waals surface area contributed by atoms with Gasteiger partial charge in [0.25, 0.3) is 0 Å². The maximum Gasteiger partial charge on any atom is 0.358 e. The van der Waals surface area contributed by atoms with Gasteiger partial charge in [0.2, 0.25) is 0 Å². The van der Waals surface area contributed by atoms with Crippen molar-refractivity contribution in [2.24, 2.45) is 0 Å². The molecule has 2 atom stereocenters. The molecule has 0 aliphatic carbocycles. The van der Waals surface area contributed by atoms with E-state index in [1.54, 1.807) is 0 Å². The van der Waals surface area contributed by atoms with Crippen molar-refractivity contribution in [3.8, 4) is 0 Å². The number of aromatic nitrogens is 1. The van der Waals surface area contributed by atoms with E-state index in [1.807, 2.05) is 0 Å². The molecule has 0 aromatic carbocycles. The van der Waals surface area contributed by atoms with Crippen LogP contribution in [0.15, 0.2) is 10.6 Å². The van der Waals surface area contributed by atoms with Crippen LogP contribution >= 0.6 is 0 Å². The Bertz CT molecular complexity index is 424. The number of carbonyl (C=O) groups is 1. The molecular weight excluding hydrogens is 246 g/mol. The van der Waals surface area contributed by atoms with Gasteiger partial charge < -0.3 is 14.4 Å². The Kier molecular flexibility index (Phi) is 3.90. The van der Waals surface area contributed by atoms with E-state index in [0.717, 1.165) is 19.4 Å². The van der Waals surface area contributed by atoms with Gasteiger partial charge in [0.15, 0.2) is 5.69 Å². The highest BCUT2D eigenvalue weighted by atomic mass is 32.2. The van der Waals surface area contributed by atoms with Crippen LogP contribution in [-0.2, 0) is 21.3 Å². The van der Waals surface area contributed by atoms with Crippen LogP contribution in [0.2, 0.25) is 0 Å². The molecular formula is C10H13NO5S. The molecule has 0 saturated carbocycles. The van der Waals surface area contributed by atoms with E-state index in [1.165, 1.54) is 6.07 Å². The van der Waals surface area contributed by atoms with E-state index in [-0.39, 0.29) is 17.6 Å². The standard InChI is InChI=1S/C10H13NO5S/c12-10(13)9-4-8(16-11-9)6-17(14)5-7-2-1-3-15-7/h4,7H,1-3,5-6H2,(H,12,13). The lowest BCUT2D eigenvalue weighted by atomic mass is 10.3. The highest BCUT2D eigenvalue weighted by Crippen LogP contribution is 2.15. The monoisotopic (exact) mass is 259 g/mol. The summed E-state index contributed by atoms with van der Waals surface area (Å²) in [4.78, 5) is 10.6. The molecule has 1 aromatic rings. The Morgan fingerprint density at radius 1 is 1.65 bits per heavy atom. The Morgan fingerprint density at radius 3 is 3.06 bits per heavy atom. The number of aromatic carboxylic acids is 1. The number of nitrogens with zero attached hydrogens (tertiary/aromatic N) is 1. The van der Waals surface area contributed by atoms with Gasteiger partial charge in [-0.25, -0.2) is 4.79 Å². The molecule has 0 spiro atoms. The second-order valence-corrected chi connectivity index (χ2v) is 5.37. The molecule has 2 heterocycles. The third-order valence-electron chi connectivity index (χ3n) is 2.48. The molecule has 0 radical (unpaired) electrons. The van der Waals surface area contributed by atoms with E-state index in [9.17, 15) is 9.00 Å². The van der Waals surface area contributed by atoms with Crippen LogP contribution in [-0.4, -0.2) is 38.9 Å². The average molecular weight is 259 g/mol. The molecule has 94 valence electrons. The number of hydrogen-bond donors (Lipinski definition) is 1. The van der Waals surface area contributed by atoms with Crippen molar-refractivity contribution in [2.45, 2.75) is 24.7 Å². The van der Waals surface area contributed by atoms with Crippen molar-refractivity contribution in [1.82, 2.24) is 5.16 Å². The van der Waals surface area contributed by atoms with Gasteiger partial charge in [-0.3, -0.25) is 4.21 Å². The van der Waals surface area contributed by atoms with Crippen molar-refractivity contribution in [1.29, 1.82) is 0 Å². The summed E-state index contributed by atoms with van der Waals surface area (Å²) in [5.74, 6) is -0.174. The number of ether oxygens (including phenoxy) is 1. The van der Waals surface area contributed by atoms with Gasteiger partial charge in [0, 0.05) is 23.5 Å². The number of carboxylic acids is 1. The van der Waals surface area contributed by atoms with E-state index < -0.39 is 16.8 Å². The fraction of sp³-hybridized carbons (Fsp3) is 0.600. The third kappa shape index (κ3) is 3.37. The van der Waals surface area contributed by atoms with Gasteiger partial charge >= 0.3 is 5.97 Å². The molecule has 6 nitrogen and oxygen atoms in total. The fourth-order valence-electron chi connectivity index (χ4n) is 1.68. The molecule has 1 aliphatic rings. The summed E-state index contributed by atoms with van der Waals surface area (Å²) in [7, 11) is -1.11. The van der Waals surface area contributed by atoms with Crippen LogP contribution in [0.5, 0.6) is 0 Å². The molecule has 2 unspecified atom stereocenters. The summed E-state index contributed by atoms with van der Waals surface area (Å²) in [6.45, 7) is 0.730. The van der Waals surface area contributed by atoms with Gasteiger partial charge in [-0.05, 0) is 12.8 Å². The molecule has 0 bridgehead atoms. The van der Waals surface area contributed by atoms with Crippen LogP contribution in [0.1, 0.15) is 29.1 Å². The SMILES string of the molecule is O=C(O)c1cc(CS(=O)CC2CCCO2)on1. The lowest BCUT2D eigenvalue weighted by Crippen LogP contribution is -2.16. The summed E-state index contributed by atoms with van der Waals surface area (Å²) >= 11 is 0. The molecule has 2 rings (SSSR count). The molecule has 1 N–H and O–H groups in total. The summed E-state index contributed by atoms with van der Waals surface area (Å²) in [5.41, 5.74) is -0.158. The maximum absolute atomic E-state index is 11.7. The van der Waals surface area contributed by atoms with Gasteiger partial charge in [-0.15, -0.1) is 0 Å². The predicted molar refractivity (Wildman–Crippen MR) is 59.1 cm³/mol. The Morgan fingerprint density at radius 2 is 2.47 bits per heavy atom. The predicted octanol–water partition coefficient (Wildman–Crippen LogP) is 0.800. The quantitative estimate of drug-likeness (QED) is 0.841. The van der Waals surface area contributed by atoms with Gasteiger partial charge in [0.05, 0.1) is 17.6 Å². The molecule has 0 amide bonds. The molecule has 7 heteroatoms. The summed E-state index contributed by atoms with van der Waals surface area (Å²) in [6, 6.07) is 1.30. The van der Waals surface area contributed by atoms with Crippen molar-refractivity contribution >= 4 is 16.8 Å². The topological polar surface area (TPSA) is 89.6 Å². The minimum absolute atomic E-state index is 0.0534. The van der Waals surface area contributed by atoms with Crippen LogP contribution in [0.25, 0.3) is 0 Å². The van der Waals surface area contributed by atoms with Crippen molar-refractivity contribution in [3.63, 3.8) is 0 Å². The first-order valence-corrected chi connectivity index (χ1v) is 6.79. The Hall–Kier alpha value is -1.21. The fourth-order valence-corrected chi connectivity index (χ4v) is 2.93. The zero-order valence-corrected chi connectivity index (χ0v) is 9.94. The number of rotatable bonds is 5. The van der Waals surface area contributed by atoms with Gasteiger partial charge in [-0.2, -0.15) is 0 Å². The van der Waals surface area contributed by atoms with Crippen LogP contribution in [0.3, 0.4) is 0 Å². The molecule has 1 saturated heterocycles. The lowest BCUT2D eigenvalue weighted by Gasteiger charge is -2.07. The van der Waals surface area contributed by atoms with E-state index in [2.05, 4.69) is 5.16 Å². The zero-order chi connectivity index (χ0) is 12.3. The van der Waals surface area contributed by atoms with Crippen molar-refractivity contribution in [2.75, 3.05) is 12.4 Å². The van der Waals surface area contributed by atoms with Crippen LogP contribution < -0.4 is 0 Å². The molecule has 1 aromatic heterocycles. The minimum atomic E-state index is -1.15. The van der Waals surface area contributed by atoms with E-state index in [0.29, 0.717) is 11.5 Å². The second-order valence-electron chi connectivity index (χ2n) is 3.87. The third-order valence-corrected chi connectivity index (χ3v) is 3.83. The van der Waals surface area contributed by atoms with Crippen LogP contribution in [0.4, 0.5) is 0 Å². The smallest absolute Gasteiger partial charge is 0.358 e. The summed E-state index contributed by atoms with van der Waals surface area (Å²) in [6.07, 6.45) is 1.99. The lowest BCUT2D eigenvalue weighted by molar-refractivity contribution is 0.0685. The molecule has 1 aliphatic heterocycles. The first-order chi connectivity index (χ1) is 8.15. The summed E-state index contributed by atoms with van der Waals surface area (Å²) < 4.78 is 21.9. The van der Waals surface area contributed by atoms with E-state index >= 15 is 0 Å². The molecule has 1 fully saturated rings. The number of carboxylic acid groups (broad SMARTS) is 1. The zero-order valence-electron chi connectivity index (χ0n) is 9.13.